The van der Waals surface area contributed by atoms with Gasteiger partial charge >= 0.3 is 0 Å². The van der Waals surface area contributed by atoms with Crippen LogP contribution in [0.2, 0.25) is 0 Å². The molecule has 1 atom stereocenters. The lowest BCUT2D eigenvalue weighted by molar-refractivity contribution is -0.135. The van der Waals surface area contributed by atoms with Crippen LogP contribution < -0.4 is 5.32 Å². The van der Waals surface area contributed by atoms with Crippen LogP contribution in [0.1, 0.15) is 40.5 Å². The number of rotatable bonds is 4. The lowest BCUT2D eigenvalue weighted by Gasteiger charge is -2.22. The number of benzene rings is 1. The Morgan fingerprint density at radius 1 is 1.08 bits per heavy atom. The van der Waals surface area contributed by atoms with Crippen LogP contribution in [0.5, 0.6) is 0 Å². The van der Waals surface area contributed by atoms with Crippen LogP contribution in [-0.2, 0) is 9.59 Å². The predicted octanol–water partition coefficient (Wildman–Crippen LogP) is 0.410. The second-order valence-corrected chi connectivity index (χ2v) is 6.06. The molecule has 7 nitrogen and oxygen atoms in total. The Kier molecular flexibility index (Phi) is 4.33. The zero-order chi connectivity index (χ0) is 17.3. The van der Waals surface area contributed by atoms with Gasteiger partial charge in [-0.3, -0.25) is 24.1 Å². The summed E-state index contributed by atoms with van der Waals surface area (Å²) in [5, 5.41) is 2.58. The van der Waals surface area contributed by atoms with Gasteiger partial charge in [0, 0.05) is 13.1 Å². The highest BCUT2D eigenvalue weighted by Gasteiger charge is 2.36. The molecule has 0 unspecified atom stereocenters. The van der Waals surface area contributed by atoms with E-state index in [1.54, 1.807) is 36.1 Å². The van der Waals surface area contributed by atoms with Gasteiger partial charge in [-0.05, 0) is 31.9 Å². The second kappa shape index (κ2) is 6.43. The van der Waals surface area contributed by atoms with Crippen LogP contribution in [0.15, 0.2) is 24.3 Å². The van der Waals surface area contributed by atoms with E-state index in [1.165, 1.54) is 0 Å². The van der Waals surface area contributed by atoms with E-state index in [9.17, 15) is 19.2 Å². The fraction of sp³-hybridized carbons (Fsp3) is 0.412. The molecule has 1 saturated heterocycles. The van der Waals surface area contributed by atoms with E-state index in [0.717, 1.165) is 17.7 Å². The molecule has 0 aromatic heterocycles. The maximum absolute atomic E-state index is 12.2. The van der Waals surface area contributed by atoms with Crippen molar-refractivity contribution in [2.24, 2.45) is 0 Å². The van der Waals surface area contributed by atoms with E-state index in [2.05, 4.69) is 5.32 Å². The molecule has 24 heavy (non-hydrogen) atoms. The van der Waals surface area contributed by atoms with Gasteiger partial charge in [-0.1, -0.05) is 12.1 Å². The van der Waals surface area contributed by atoms with Gasteiger partial charge in [0.2, 0.25) is 11.8 Å². The van der Waals surface area contributed by atoms with Crippen molar-refractivity contribution in [3.8, 4) is 0 Å². The first-order chi connectivity index (χ1) is 11.5. The summed E-state index contributed by atoms with van der Waals surface area (Å²) in [5.74, 6) is -1.62. The van der Waals surface area contributed by atoms with Gasteiger partial charge in [-0.25, -0.2) is 0 Å². The minimum Gasteiger partial charge on any atom is -0.343 e. The van der Waals surface area contributed by atoms with Gasteiger partial charge in [-0.2, -0.15) is 0 Å². The third kappa shape index (κ3) is 2.89. The Hall–Kier alpha value is -2.70. The average Bonchev–Trinajstić information content (AvgIpc) is 3.18. The van der Waals surface area contributed by atoms with Crippen molar-refractivity contribution >= 4 is 23.6 Å². The van der Waals surface area contributed by atoms with Crippen molar-refractivity contribution in [3.05, 3.63) is 35.4 Å². The molecule has 2 aliphatic rings. The number of likely N-dealkylation sites (tertiary alicyclic amines) is 1. The van der Waals surface area contributed by atoms with Gasteiger partial charge in [-0.15, -0.1) is 0 Å². The average molecular weight is 329 g/mol. The maximum atomic E-state index is 12.2. The molecular formula is C17H19N3O4. The topological polar surface area (TPSA) is 86.8 Å². The molecule has 1 aromatic rings. The quantitative estimate of drug-likeness (QED) is 0.811. The molecule has 0 spiro atoms. The van der Waals surface area contributed by atoms with Crippen LogP contribution in [-0.4, -0.2) is 59.1 Å². The second-order valence-electron chi connectivity index (χ2n) is 6.06. The third-order valence-electron chi connectivity index (χ3n) is 4.35. The molecule has 1 N–H and O–H groups in total. The summed E-state index contributed by atoms with van der Waals surface area (Å²) in [6.07, 6.45) is 1.95. The summed E-state index contributed by atoms with van der Waals surface area (Å²) in [6.45, 7) is 2.64. The van der Waals surface area contributed by atoms with Gasteiger partial charge in [0.15, 0.2) is 0 Å². The van der Waals surface area contributed by atoms with Crippen molar-refractivity contribution in [2.75, 3.05) is 19.6 Å². The Morgan fingerprint density at radius 2 is 1.62 bits per heavy atom. The van der Waals surface area contributed by atoms with Crippen LogP contribution in [0.25, 0.3) is 0 Å². The van der Waals surface area contributed by atoms with Gasteiger partial charge in [0.25, 0.3) is 11.8 Å². The number of imide groups is 1. The van der Waals surface area contributed by atoms with Gasteiger partial charge in [0.1, 0.15) is 12.6 Å². The lowest BCUT2D eigenvalue weighted by Crippen LogP contribution is -2.49. The fourth-order valence-electron chi connectivity index (χ4n) is 3.09. The summed E-state index contributed by atoms with van der Waals surface area (Å²) in [6, 6.07) is 5.79. The Bertz CT molecular complexity index is 675. The number of amides is 4. The molecular weight excluding hydrogens is 310 g/mol. The fourth-order valence-corrected chi connectivity index (χ4v) is 3.09. The number of hydrogen-bond donors (Lipinski definition) is 1. The molecule has 4 amide bonds. The first kappa shape index (κ1) is 16.2. The van der Waals surface area contributed by atoms with Crippen LogP contribution >= 0.6 is 0 Å². The molecule has 0 aliphatic carbocycles. The molecule has 2 heterocycles. The maximum Gasteiger partial charge on any atom is 0.262 e. The molecule has 7 heteroatoms. The van der Waals surface area contributed by atoms with Gasteiger partial charge < -0.3 is 10.2 Å². The highest BCUT2D eigenvalue weighted by Crippen LogP contribution is 2.21. The number of carbonyl (C=O) groups is 4. The Morgan fingerprint density at radius 3 is 2.17 bits per heavy atom. The normalized spacial score (nSPS) is 17.9. The number of nitrogens with zero attached hydrogens (tertiary/aromatic N) is 2. The monoisotopic (exact) mass is 329 g/mol. The van der Waals surface area contributed by atoms with Crippen molar-refractivity contribution in [2.45, 2.75) is 25.8 Å². The zero-order valence-electron chi connectivity index (χ0n) is 13.4. The van der Waals surface area contributed by atoms with Crippen LogP contribution in [0.3, 0.4) is 0 Å². The first-order valence-electron chi connectivity index (χ1n) is 8.02. The van der Waals surface area contributed by atoms with Crippen molar-refractivity contribution in [1.29, 1.82) is 0 Å². The molecule has 1 fully saturated rings. The highest BCUT2D eigenvalue weighted by atomic mass is 16.2. The largest absolute Gasteiger partial charge is 0.343 e. The highest BCUT2D eigenvalue weighted by molar-refractivity contribution is 6.22. The first-order valence-corrected chi connectivity index (χ1v) is 8.02. The van der Waals surface area contributed by atoms with Crippen molar-refractivity contribution in [1.82, 2.24) is 15.1 Å². The Balaban J connectivity index is 1.60. The molecule has 3 rings (SSSR count). The number of fused-ring (bicyclic) bond motifs is 1. The van der Waals surface area contributed by atoms with E-state index in [4.69, 9.17) is 0 Å². The molecule has 0 saturated carbocycles. The predicted molar refractivity (Wildman–Crippen MR) is 85.2 cm³/mol. The molecule has 2 aliphatic heterocycles. The summed E-state index contributed by atoms with van der Waals surface area (Å²) in [4.78, 5) is 51.4. The minimum atomic E-state index is -0.675. The van der Waals surface area contributed by atoms with Gasteiger partial charge in [0.05, 0.1) is 11.1 Å². The number of carbonyl (C=O) groups excluding carboxylic acids is 4. The van der Waals surface area contributed by atoms with E-state index in [-0.39, 0.29) is 12.5 Å². The summed E-state index contributed by atoms with van der Waals surface area (Å²) < 4.78 is 0. The number of nitrogens with one attached hydrogen (secondary N) is 1. The van der Waals surface area contributed by atoms with E-state index < -0.39 is 23.8 Å². The standard InChI is InChI=1S/C17H19N3O4/c1-11(15(22)19-8-4-5-9-19)18-14(21)10-20-16(23)12-6-2-3-7-13(12)17(20)24/h2-3,6-7,11H,4-5,8-10H2,1H3,(H,18,21)/t11-/m0/s1. The summed E-state index contributed by atoms with van der Waals surface area (Å²) >= 11 is 0. The third-order valence-corrected chi connectivity index (χ3v) is 4.35. The van der Waals surface area contributed by atoms with Crippen molar-refractivity contribution in [3.63, 3.8) is 0 Å². The molecule has 0 bridgehead atoms. The van der Waals surface area contributed by atoms with E-state index in [0.29, 0.717) is 24.2 Å². The minimum absolute atomic E-state index is 0.136. The summed E-state index contributed by atoms with van der Waals surface area (Å²) in [5.41, 5.74) is 0.605. The summed E-state index contributed by atoms with van der Waals surface area (Å²) in [7, 11) is 0. The zero-order valence-corrected chi connectivity index (χ0v) is 13.4. The molecule has 1 aromatic carbocycles. The van der Waals surface area contributed by atoms with Crippen LogP contribution in [0, 0.1) is 0 Å². The lowest BCUT2D eigenvalue weighted by atomic mass is 10.1. The molecule has 0 radical (unpaired) electrons. The SMILES string of the molecule is C[C@H](NC(=O)CN1C(=O)c2ccccc2C1=O)C(=O)N1CCCC1. The smallest absolute Gasteiger partial charge is 0.262 e. The molecule has 126 valence electrons. The van der Waals surface area contributed by atoms with Crippen LogP contribution in [0.4, 0.5) is 0 Å². The van der Waals surface area contributed by atoms with E-state index in [1.807, 2.05) is 0 Å². The number of hydrogen-bond acceptors (Lipinski definition) is 4. The van der Waals surface area contributed by atoms with Crippen molar-refractivity contribution < 1.29 is 19.2 Å². The Labute approximate surface area is 139 Å². The van der Waals surface area contributed by atoms with E-state index >= 15 is 0 Å².